The summed E-state index contributed by atoms with van der Waals surface area (Å²) in [5, 5.41) is 13.2. The van der Waals surface area contributed by atoms with Crippen LogP contribution in [0, 0.1) is 5.92 Å². The molecule has 0 unspecified atom stereocenters. The second-order valence-corrected chi connectivity index (χ2v) is 10.1. The molecule has 2 rings (SSSR count). The van der Waals surface area contributed by atoms with Gasteiger partial charge in [-0.3, -0.25) is 9.69 Å². The largest absolute Gasteiger partial charge is 0.479 e. The predicted molar refractivity (Wildman–Crippen MR) is 125 cm³/mol. The van der Waals surface area contributed by atoms with E-state index in [0.29, 0.717) is 25.8 Å². The highest BCUT2D eigenvalue weighted by Gasteiger charge is 2.51. The summed E-state index contributed by atoms with van der Waals surface area (Å²) in [5.74, 6) is -1.18. The zero-order valence-electron chi connectivity index (χ0n) is 20.4. The van der Waals surface area contributed by atoms with E-state index >= 15 is 0 Å². The number of likely N-dealkylation sites (tertiary alicyclic amines) is 1. The molecule has 0 bridgehead atoms. The fourth-order valence-corrected chi connectivity index (χ4v) is 4.07. The summed E-state index contributed by atoms with van der Waals surface area (Å²) >= 11 is 0. The Bertz CT molecular complexity index is 805. The lowest BCUT2D eigenvalue weighted by molar-refractivity contribution is -0.150. The van der Waals surface area contributed by atoms with Gasteiger partial charge >= 0.3 is 18.0 Å². The van der Waals surface area contributed by atoms with Gasteiger partial charge in [0.05, 0.1) is 0 Å². The Morgan fingerprint density at radius 2 is 1.85 bits per heavy atom. The first-order valence-corrected chi connectivity index (χ1v) is 11.6. The number of carboxylic acid groups (broad SMARTS) is 1. The summed E-state index contributed by atoms with van der Waals surface area (Å²) in [4.78, 5) is 39.0. The van der Waals surface area contributed by atoms with Gasteiger partial charge in [0.1, 0.15) is 23.8 Å². The summed E-state index contributed by atoms with van der Waals surface area (Å²) in [5.41, 5.74) is -1.17. The number of amides is 1. The summed E-state index contributed by atoms with van der Waals surface area (Å²) in [7, 11) is 0. The number of carboxylic acids is 1. The third kappa shape index (κ3) is 7.74. The summed E-state index contributed by atoms with van der Waals surface area (Å²) in [6, 6.07) is 8.89. The monoisotopic (exact) mass is 462 g/mol. The Kier molecular flexibility index (Phi) is 9.28. The standard InChI is InChI=1S/C25H38N2O6/c1-18(2)16-20(21(28)32-17-19-10-7-6-8-11-19)26-14-13-25(22(29)30)12-9-15-27(25)23(31)33-24(3,4)5/h6-8,10-11,18,20,26H,9,12-17H2,1-5H3,(H,29,30)/t20-,25-/m1/s1. The SMILES string of the molecule is CC(C)C[C@@H](NCC[C@@]1(C(=O)O)CCCN1C(=O)OC(C)(C)C)C(=O)OCc1ccccc1. The van der Waals surface area contributed by atoms with Gasteiger partial charge in [-0.2, -0.15) is 0 Å². The van der Waals surface area contributed by atoms with E-state index < -0.39 is 29.2 Å². The average molecular weight is 463 g/mol. The molecule has 33 heavy (non-hydrogen) atoms. The maximum absolute atomic E-state index is 12.7. The normalized spacial score (nSPS) is 19.4. The van der Waals surface area contributed by atoms with Crippen molar-refractivity contribution in [3.63, 3.8) is 0 Å². The lowest BCUT2D eigenvalue weighted by Crippen LogP contribution is -2.56. The zero-order valence-corrected chi connectivity index (χ0v) is 20.4. The lowest BCUT2D eigenvalue weighted by Gasteiger charge is -2.36. The van der Waals surface area contributed by atoms with Gasteiger partial charge in [0.25, 0.3) is 0 Å². The van der Waals surface area contributed by atoms with Crippen LogP contribution in [0.1, 0.15) is 65.9 Å². The number of carbonyl (C=O) groups is 3. The molecule has 0 spiro atoms. The molecule has 184 valence electrons. The fraction of sp³-hybridized carbons (Fsp3) is 0.640. The Morgan fingerprint density at radius 3 is 2.42 bits per heavy atom. The molecule has 0 saturated carbocycles. The molecule has 1 aromatic rings. The minimum atomic E-state index is -1.36. The zero-order chi connectivity index (χ0) is 24.6. The smallest absolute Gasteiger partial charge is 0.411 e. The van der Waals surface area contributed by atoms with Crippen LogP contribution < -0.4 is 5.32 Å². The highest BCUT2D eigenvalue weighted by atomic mass is 16.6. The van der Waals surface area contributed by atoms with Crippen LogP contribution >= 0.6 is 0 Å². The van der Waals surface area contributed by atoms with Crippen molar-refractivity contribution in [2.75, 3.05) is 13.1 Å². The maximum atomic E-state index is 12.7. The van der Waals surface area contributed by atoms with E-state index in [-0.39, 0.29) is 31.5 Å². The summed E-state index contributed by atoms with van der Waals surface area (Å²) < 4.78 is 10.9. The van der Waals surface area contributed by atoms with Crippen LogP contribution in [-0.2, 0) is 25.7 Å². The van der Waals surface area contributed by atoms with E-state index in [1.54, 1.807) is 20.8 Å². The molecule has 2 N–H and O–H groups in total. The van der Waals surface area contributed by atoms with E-state index in [2.05, 4.69) is 5.32 Å². The Balaban J connectivity index is 2.03. The molecule has 1 aliphatic rings. The lowest BCUT2D eigenvalue weighted by atomic mass is 9.91. The number of carbonyl (C=O) groups excluding carboxylic acids is 2. The Labute approximate surface area is 196 Å². The molecule has 1 saturated heterocycles. The van der Waals surface area contributed by atoms with Crippen molar-refractivity contribution in [3.8, 4) is 0 Å². The number of benzene rings is 1. The van der Waals surface area contributed by atoms with Crippen molar-refractivity contribution in [2.45, 2.75) is 84.1 Å². The number of rotatable bonds is 10. The van der Waals surface area contributed by atoms with E-state index in [0.717, 1.165) is 5.56 Å². The number of nitrogens with zero attached hydrogens (tertiary/aromatic N) is 1. The Morgan fingerprint density at radius 1 is 1.18 bits per heavy atom. The first kappa shape index (κ1) is 26.6. The number of esters is 1. The fourth-order valence-electron chi connectivity index (χ4n) is 4.07. The third-order valence-corrected chi connectivity index (χ3v) is 5.65. The highest BCUT2D eigenvalue weighted by molar-refractivity contribution is 5.85. The van der Waals surface area contributed by atoms with Gasteiger partial charge in [-0.25, -0.2) is 9.59 Å². The topological polar surface area (TPSA) is 105 Å². The van der Waals surface area contributed by atoms with E-state index in [1.807, 2.05) is 44.2 Å². The quantitative estimate of drug-likeness (QED) is 0.507. The van der Waals surface area contributed by atoms with Crippen molar-refractivity contribution >= 4 is 18.0 Å². The number of nitrogens with one attached hydrogen (secondary N) is 1. The van der Waals surface area contributed by atoms with Gasteiger partial charge in [0.15, 0.2) is 0 Å². The average Bonchev–Trinajstić information content (AvgIpc) is 3.16. The van der Waals surface area contributed by atoms with Gasteiger partial charge in [-0.15, -0.1) is 0 Å². The summed E-state index contributed by atoms with van der Waals surface area (Å²) in [6.45, 7) is 10.0. The van der Waals surface area contributed by atoms with E-state index in [4.69, 9.17) is 9.47 Å². The minimum absolute atomic E-state index is 0.169. The third-order valence-electron chi connectivity index (χ3n) is 5.65. The molecule has 0 aromatic heterocycles. The molecule has 8 nitrogen and oxygen atoms in total. The molecule has 2 atom stereocenters. The van der Waals surface area contributed by atoms with Crippen LogP contribution in [-0.4, -0.2) is 58.3 Å². The molecular weight excluding hydrogens is 424 g/mol. The van der Waals surface area contributed by atoms with Gasteiger partial charge in [-0.05, 0) is 64.5 Å². The van der Waals surface area contributed by atoms with Crippen LogP contribution in [0.5, 0.6) is 0 Å². The highest BCUT2D eigenvalue weighted by Crippen LogP contribution is 2.34. The van der Waals surface area contributed by atoms with Crippen LogP contribution in [0.15, 0.2) is 30.3 Å². The number of ether oxygens (including phenoxy) is 2. The van der Waals surface area contributed by atoms with Crippen LogP contribution in [0.2, 0.25) is 0 Å². The first-order valence-electron chi connectivity index (χ1n) is 11.6. The van der Waals surface area contributed by atoms with Gasteiger partial charge in [0.2, 0.25) is 0 Å². The van der Waals surface area contributed by atoms with Crippen molar-refractivity contribution in [1.29, 1.82) is 0 Å². The van der Waals surface area contributed by atoms with E-state index in [1.165, 1.54) is 4.90 Å². The van der Waals surface area contributed by atoms with Gasteiger partial charge in [-0.1, -0.05) is 44.2 Å². The maximum Gasteiger partial charge on any atom is 0.411 e. The molecule has 8 heteroatoms. The predicted octanol–water partition coefficient (Wildman–Crippen LogP) is 3.98. The molecule has 1 heterocycles. The van der Waals surface area contributed by atoms with Crippen LogP contribution in [0.25, 0.3) is 0 Å². The van der Waals surface area contributed by atoms with Gasteiger partial charge < -0.3 is 19.9 Å². The van der Waals surface area contributed by atoms with Crippen molar-refractivity contribution < 1.29 is 29.0 Å². The Hall–Kier alpha value is -2.61. The van der Waals surface area contributed by atoms with E-state index in [9.17, 15) is 19.5 Å². The van der Waals surface area contributed by atoms with Crippen molar-refractivity contribution in [3.05, 3.63) is 35.9 Å². The van der Waals surface area contributed by atoms with Crippen molar-refractivity contribution in [2.24, 2.45) is 5.92 Å². The molecule has 0 radical (unpaired) electrons. The van der Waals surface area contributed by atoms with Gasteiger partial charge in [0, 0.05) is 6.54 Å². The minimum Gasteiger partial charge on any atom is -0.479 e. The van der Waals surface area contributed by atoms with Crippen molar-refractivity contribution in [1.82, 2.24) is 10.2 Å². The second-order valence-electron chi connectivity index (χ2n) is 10.1. The van der Waals surface area contributed by atoms with Crippen LogP contribution in [0.3, 0.4) is 0 Å². The number of aliphatic carboxylic acids is 1. The first-order chi connectivity index (χ1) is 15.4. The van der Waals surface area contributed by atoms with Crippen LogP contribution in [0.4, 0.5) is 4.79 Å². The number of hydrogen-bond acceptors (Lipinski definition) is 6. The molecule has 1 amide bonds. The second kappa shape index (κ2) is 11.5. The molecule has 1 aliphatic heterocycles. The molecule has 1 aromatic carbocycles. The summed E-state index contributed by atoms with van der Waals surface area (Å²) in [6.07, 6.45) is 1.03. The number of hydrogen-bond donors (Lipinski definition) is 2. The molecular formula is C25H38N2O6. The molecule has 0 aliphatic carbocycles. The molecule has 1 fully saturated rings.